The number of carbonyl (C=O) groups excluding carboxylic acids is 3. The second-order valence-corrected chi connectivity index (χ2v) is 14.5. The van der Waals surface area contributed by atoms with Gasteiger partial charge in [0.1, 0.15) is 22.8 Å². The lowest BCUT2D eigenvalue weighted by molar-refractivity contribution is -0.142. The van der Waals surface area contributed by atoms with Crippen LogP contribution >= 0.6 is 0 Å². The number of amides is 1. The third kappa shape index (κ3) is 5.97. The number of ketones is 2. The number of methoxy groups -OCH3 is 1. The number of fused-ring (bicyclic) bond motifs is 4. The van der Waals surface area contributed by atoms with Gasteiger partial charge in [0.05, 0.1) is 37.5 Å². The van der Waals surface area contributed by atoms with E-state index in [-0.39, 0.29) is 71.1 Å². The number of rotatable bonds is 12. The van der Waals surface area contributed by atoms with Crippen molar-refractivity contribution in [2.75, 3.05) is 41.0 Å². The van der Waals surface area contributed by atoms with Crippen LogP contribution in [0.15, 0.2) is 16.2 Å². The second kappa shape index (κ2) is 13.5. The van der Waals surface area contributed by atoms with E-state index in [4.69, 9.17) is 18.7 Å². The van der Waals surface area contributed by atoms with Crippen molar-refractivity contribution in [2.24, 2.45) is 17.3 Å². The predicted molar refractivity (Wildman–Crippen MR) is 178 cm³/mol. The minimum atomic E-state index is -2.53. The first-order valence-electron chi connectivity index (χ1n) is 16.9. The third-order valence-corrected chi connectivity index (χ3v) is 9.55. The molecule has 2 aromatic rings. The molecule has 1 aromatic heterocycles. The molecule has 3 aliphatic rings. The van der Waals surface area contributed by atoms with Gasteiger partial charge in [-0.25, -0.2) is 0 Å². The highest BCUT2D eigenvalue weighted by Gasteiger charge is 2.65. The van der Waals surface area contributed by atoms with Crippen LogP contribution in [0.3, 0.4) is 0 Å². The Labute approximate surface area is 281 Å². The monoisotopic (exact) mass is 667 g/mol. The van der Waals surface area contributed by atoms with Gasteiger partial charge in [-0.1, -0.05) is 47.5 Å². The van der Waals surface area contributed by atoms with Gasteiger partial charge in [-0.15, -0.1) is 0 Å². The number of aliphatic hydroxyl groups is 2. The van der Waals surface area contributed by atoms with Gasteiger partial charge in [0.15, 0.2) is 11.4 Å². The van der Waals surface area contributed by atoms with E-state index in [0.717, 1.165) is 12.8 Å². The summed E-state index contributed by atoms with van der Waals surface area (Å²) in [5, 5.41) is 31.4. The molecular weight excluding hydrogens is 618 g/mol. The summed E-state index contributed by atoms with van der Waals surface area (Å²) in [5.41, 5.74) is -1.96. The maximum absolute atomic E-state index is 14.6. The van der Waals surface area contributed by atoms with Crippen molar-refractivity contribution < 1.29 is 43.3 Å². The average Bonchev–Trinajstić information content (AvgIpc) is 3.44. The number of aromatic nitrogens is 1. The Morgan fingerprint density at radius 3 is 2.38 bits per heavy atom. The van der Waals surface area contributed by atoms with Crippen molar-refractivity contribution in [1.82, 2.24) is 15.4 Å². The number of hydrogen-bond acceptors (Lipinski definition) is 11. The van der Waals surface area contributed by atoms with Crippen LogP contribution in [-0.2, 0) is 11.2 Å². The van der Waals surface area contributed by atoms with Crippen LogP contribution in [0, 0.1) is 17.3 Å². The smallest absolute Gasteiger partial charge is 0.265 e. The molecule has 262 valence electrons. The van der Waals surface area contributed by atoms with E-state index in [1.165, 1.54) is 7.11 Å². The zero-order valence-corrected chi connectivity index (χ0v) is 29.3. The van der Waals surface area contributed by atoms with Gasteiger partial charge in [-0.3, -0.25) is 19.3 Å². The molecule has 1 fully saturated rings. The molecule has 48 heavy (non-hydrogen) atoms. The number of carbonyl (C=O) groups is 3. The molecule has 3 aliphatic carbocycles. The summed E-state index contributed by atoms with van der Waals surface area (Å²) in [6.45, 7) is 10.9. The first kappa shape index (κ1) is 35.4. The number of benzene rings is 1. The summed E-state index contributed by atoms with van der Waals surface area (Å²) < 4.78 is 23.5. The summed E-state index contributed by atoms with van der Waals surface area (Å²) in [6.07, 6.45) is 3.50. The van der Waals surface area contributed by atoms with Crippen LogP contribution < -0.4 is 19.5 Å². The predicted octanol–water partition coefficient (Wildman–Crippen LogP) is 5.08. The fourth-order valence-electron chi connectivity index (χ4n) is 7.12. The molecule has 0 bridgehead atoms. The van der Waals surface area contributed by atoms with E-state index in [2.05, 4.69) is 10.5 Å². The van der Waals surface area contributed by atoms with Gasteiger partial charge in [0.2, 0.25) is 11.6 Å². The van der Waals surface area contributed by atoms with Gasteiger partial charge in [-0.2, -0.15) is 0 Å². The lowest BCUT2D eigenvalue weighted by Crippen LogP contribution is -2.63. The normalized spacial score (nSPS) is 23.3. The van der Waals surface area contributed by atoms with Crippen LogP contribution in [-0.4, -0.2) is 84.3 Å². The number of nitrogens with zero attached hydrogens (tertiary/aromatic N) is 2. The van der Waals surface area contributed by atoms with E-state index in [1.54, 1.807) is 25.1 Å². The topological polar surface area (TPSA) is 161 Å². The molecule has 0 radical (unpaired) electrons. The number of aliphatic hydroxyl groups excluding tert-OH is 1. The molecule has 3 N–H and O–H groups in total. The van der Waals surface area contributed by atoms with E-state index in [1.807, 2.05) is 34.6 Å². The Bertz CT molecular complexity index is 1620. The number of nitrogens with one attached hydrogen (secondary N) is 1. The van der Waals surface area contributed by atoms with Crippen LogP contribution in [0.4, 0.5) is 0 Å². The van der Waals surface area contributed by atoms with Gasteiger partial charge >= 0.3 is 0 Å². The average molecular weight is 668 g/mol. The fourth-order valence-corrected chi connectivity index (χ4v) is 7.12. The van der Waals surface area contributed by atoms with Crippen LogP contribution in [0.2, 0.25) is 0 Å². The Kier molecular flexibility index (Phi) is 9.99. The molecule has 12 nitrogen and oxygen atoms in total. The van der Waals surface area contributed by atoms with E-state index in [9.17, 15) is 24.6 Å². The molecule has 0 spiro atoms. The second-order valence-electron chi connectivity index (χ2n) is 14.5. The van der Waals surface area contributed by atoms with Crippen molar-refractivity contribution in [3.8, 4) is 17.4 Å². The van der Waals surface area contributed by atoms with Gasteiger partial charge in [0.25, 0.3) is 11.8 Å². The molecule has 5 rings (SSSR count). The standard InChI is InChI=1S/C36H49N3O9/c1-9-11-13-46-29-21(33(43)37-18-35(3,4)5)17-23(45-8)20-15-19-16-22-27(39(6)7)30-26(34(38-48-30)47-14-12-10-2)32(42)36(22,44)31(41)24(19)28(40)25(20)29/h17,19,22,27,40,44H,9-16,18H2,1-8H3,(H,37,43)/t19-,22-,27-,36-/m0/s1. The Morgan fingerprint density at radius 2 is 1.77 bits per heavy atom. The van der Waals surface area contributed by atoms with Crippen LogP contribution in [0.1, 0.15) is 110 Å². The minimum Gasteiger partial charge on any atom is -0.507 e. The summed E-state index contributed by atoms with van der Waals surface area (Å²) in [5.74, 6) is -3.43. The van der Waals surface area contributed by atoms with E-state index < -0.39 is 46.7 Å². The van der Waals surface area contributed by atoms with Crippen molar-refractivity contribution in [3.05, 3.63) is 39.7 Å². The molecule has 4 atom stereocenters. The number of hydrogen-bond donors (Lipinski definition) is 3. The lowest BCUT2D eigenvalue weighted by atomic mass is 9.57. The maximum atomic E-state index is 14.6. The summed E-state index contributed by atoms with van der Waals surface area (Å²) >= 11 is 0. The maximum Gasteiger partial charge on any atom is 0.265 e. The molecule has 0 aliphatic heterocycles. The molecule has 1 aromatic carbocycles. The first-order valence-corrected chi connectivity index (χ1v) is 16.9. The van der Waals surface area contributed by atoms with Crippen LogP contribution in [0.5, 0.6) is 17.4 Å². The molecule has 0 saturated heterocycles. The minimum absolute atomic E-state index is 0.0604. The zero-order valence-electron chi connectivity index (χ0n) is 29.3. The highest BCUT2D eigenvalue weighted by atomic mass is 16.5. The SMILES string of the molecule is CCCCOc1noc2c1C(=O)[C@@]1(O)C(=O)C3=C(O)c4c(c(OC)cc(C(=O)NCC(C)(C)C)c4OCCCC)C[C@H]3C[C@H]1[C@@H]2N(C)C. The van der Waals surface area contributed by atoms with Crippen molar-refractivity contribution in [2.45, 2.75) is 84.8 Å². The number of unbranched alkanes of at least 4 members (excludes halogenated alkanes) is 2. The van der Waals surface area contributed by atoms with Crippen molar-refractivity contribution in [3.63, 3.8) is 0 Å². The molecule has 1 saturated carbocycles. The van der Waals surface area contributed by atoms with Crippen molar-refractivity contribution in [1.29, 1.82) is 0 Å². The molecule has 1 heterocycles. The van der Waals surface area contributed by atoms with Gasteiger partial charge < -0.3 is 34.3 Å². The first-order chi connectivity index (χ1) is 22.7. The molecular formula is C36H49N3O9. The van der Waals surface area contributed by atoms with E-state index in [0.29, 0.717) is 30.7 Å². The molecule has 1 amide bonds. The van der Waals surface area contributed by atoms with Crippen LogP contribution in [0.25, 0.3) is 5.76 Å². The number of ether oxygens (including phenoxy) is 3. The Morgan fingerprint density at radius 1 is 1.10 bits per heavy atom. The number of Topliss-reactive ketones (excluding diaryl/α,β-unsaturated/α-hetero) is 2. The quantitative estimate of drug-likeness (QED) is 0.205. The zero-order chi connectivity index (χ0) is 35.1. The van der Waals surface area contributed by atoms with Gasteiger partial charge in [-0.05, 0) is 62.3 Å². The van der Waals surface area contributed by atoms with E-state index >= 15 is 0 Å². The largest absolute Gasteiger partial charge is 0.507 e. The molecule has 0 unspecified atom stereocenters. The Hall–Kier alpha value is -3.90. The summed E-state index contributed by atoms with van der Waals surface area (Å²) in [4.78, 5) is 44.3. The molecule has 12 heteroatoms. The highest BCUT2D eigenvalue weighted by Crippen LogP contribution is 2.57. The highest BCUT2D eigenvalue weighted by molar-refractivity contribution is 6.26. The summed E-state index contributed by atoms with van der Waals surface area (Å²) in [7, 11) is 5.05. The summed E-state index contributed by atoms with van der Waals surface area (Å²) in [6, 6.07) is 0.932. The lowest BCUT2D eigenvalue weighted by Gasteiger charge is -2.49. The fraction of sp³-hybridized carbons (Fsp3) is 0.611. The Balaban J connectivity index is 1.67. The van der Waals surface area contributed by atoms with Gasteiger partial charge in [0, 0.05) is 23.6 Å². The van der Waals surface area contributed by atoms with Crippen molar-refractivity contribution >= 4 is 23.2 Å². The third-order valence-electron chi connectivity index (χ3n) is 9.55.